The van der Waals surface area contributed by atoms with E-state index >= 15 is 0 Å². The first-order valence-corrected chi connectivity index (χ1v) is 19.1. The number of aromatic nitrogens is 1. The van der Waals surface area contributed by atoms with E-state index in [2.05, 4.69) is 20.6 Å². The van der Waals surface area contributed by atoms with E-state index in [0.29, 0.717) is 66.5 Å². The van der Waals surface area contributed by atoms with Crippen LogP contribution in [0.5, 0.6) is 0 Å². The van der Waals surface area contributed by atoms with E-state index in [0.717, 1.165) is 29.0 Å². The van der Waals surface area contributed by atoms with Crippen molar-refractivity contribution in [3.63, 3.8) is 0 Å². The highest BCUT2D eigenvalue weighted by Gasteiger charge is 2.25. The molecule has 16 nitrogen and oxygen atoms in total. The topological polar surface area (TPSA) is 206 Å². The molecule has 0 saturated carbocycles. The largest absolute Gasteiger partial charge is 0.387 e. The smallest absolute Gasteiger partial charge is 0.255 e. The normalized spacial score (nSPS) is 14.8. The van der Waals surface area contributed by atoms with Gasteiger partial charge in [0.05, 0.1) is 50.4 Å². The molecule has 0 aliphatic carbocycles. The number of amides is 6. The average molecular weight is 771 g/mol. The molecule has 0 atom stereocenters. The van der Waals surface area contributed by atoms with Gasteiger partial charge >= 0.3 is 0 Å². The predicted molar refractivity (Wildman–Crippen MR) is 209 cm³/mol. The van der Waals surface area contributed by atoms with Gasteiger partial charge in [0.1, 0.15) is 5.84 Å². The molecular formula is C40H50N8O8. The number of benzene rings is 1. The molecule has 0 spiro atoms. The van der Waals surface area contributed by atoms with Crippen molar-refractivity contribution in [3.8, 4) is 0 Å². The van der Waals surface area contributed by atoms with E-state index in [1.807, 2.05) is 30.9 Å². The highest BCUT2D eigenvalue weighted by molar-refractivity contribution is 6.13. The van der Waals surface area contributed by atoms with Gasteiger partial charge in [-0.2, -0.15) is 0 Å². The molecule has 4 heterocycles. The average Bonchev–Trinajstić information content (AvgIpc) is 3.40. The second-order valence-electron chi connectivity index (χ2n) is 13.6. The van der Waals surface area contributed by atoms with Crippen molar-refractivity contribution in [1.82, 2.24) is 25.0 Å². The number of rotatable bonds is 19. The number of nitrogens with one attached hydrogen (secondary N) is 2. The molecule has 0 fully saturated rings. The Morgan fingerprint density at radius 2 is 1.68 bits per heavy atom. The Kier molecular flexibility index (Phi) is 15.0. The number of hydrogen-bond acceptors (Lipinski definition) is 11. The van der Waals surface area contributed by atoms with E-state index in [1.165, 1.54) is 12.2 Å². The third-order valence-corrected chi connectivity index (χ3v) is 9.32. The number of fused-ring (bicyclic) bond motifs is 2. The van der Waals surface area contributed by atoms with Gasteiger partial charge in [0, 0.05) is 93.1 Å². The fourth-order valence-corrected chi connectivity index (χ4v) is 6.49. The minimum atomic E-state index is -0.421. The Balaban J connectivity index is 1.03. The molecule has 2 aromatic rings. The molecule has 56 heavy (non-hydrogen) atoms. The molecule has 3 aliphatic heterocycles. The first kappa shape index (κ1) is 41.4. The van der Waals surface area contributed by atoms with E-state index in [4.69, 9.17) is 15.2 Å². The van der Waals surface area contributed by atoms with Crippen LogP contribution in [-0.2, 0) is 46.4 Å². The lowest BCUT2D eigenvalue weighted by Crippen LogP contribution is -2.37. The van der Waals surface area contributed by atoms with Crippen molar-refractivity contribution in [3.05, 3.63) is 70.6 Å². The third-order valence-electron chi connectivity index (χ3n) is 9.32. The maximum absolute atomic E-state index is 13.3. The highest BCUT2D eigenvalue weighted by Crippen LogP contribution is 2.29. The summed E-state index contributed by atoms with van der Waals surface area (Å²) in [5, 5.41) is 5.58. The predicted octanol–water partition coefficient (Wildman–Crippen LogP) is 2.50. The molecule has 298 valence electrons. The first-order chi connectivity index (χ1) is 27.1. The van der Waals surface area contributed by atoms with Crippen LogP contribution in [-0.4, -0.2) is 120 Å². The fraction of sp³-hybridized carbons (Fsp3) is 0.450. The van der Waals surface area contributed by atoms with Crippen molar-refractivity contribution in [2.45, 2.75) is 58.9 Å². The summed E-state index contributed by atoms with van der Waals surface area (Å²) < 4.78 is 11.0. The number of hydrogen-bond donors (Lipinski definition) is 3. The van der Waals surface area contributed by atoms with Gasteiger partial charge in [-0.3, -0.25) is 38.7 Å². The van der Waals surface area contributed by atoms with Gasteiger partial charge in [-0.05, 0) is 42.7 Å². The molecule has 0 bridgehead atoms. The summed E-state index contributed by atoms with van der Waals surface area (Å²) in [4.78, 5) is 88.3. The zero-order chi connectivity index (χ0) is 40.0. The van der Waals surface area contributed by atoms with Crippen LogP contribution in [0.2, 0.25) is 0 Å². The molecule has 0 radical (unpaired) electrons. The second kappa shape index (κ2) is 20.3. The van der Waals surface area contributed by atoms with Crippen LogP contribution in [0.1, 0.15) is 73.1 Å². The second-order valence-corrected chi connectivity index (χ2v) is 13.6. The number of carbonyl (C=O) groups excluding carboxylic acids is 6. The summed E-state index contributed by atoms with van der Waals surface area (Å²) in [5.74, 6) is -1.31. The number of carbonyl (C=O) groups is 6. The van der Waals surface area contributed by atoms with Crippen LogP contribution in [0.25, 0.3) is 6.08 Å². The number of pyridine rings is 1. The summed E-state index contributed by atoms with van der Waals surface area (Å²) in [6.07, 6.45) is 8.50. The lowest BCUT2D eigenvalue weighted by atomic mass is 10.0. The van der Waals surface area contributed by atoms with Gasteiger partial charge in [0.25, 0.3) is 17.7 Å². The van der Waals surface area contributed by atoms with Gasteiger partial charge in [0.2, 0.25) is 17.7 Å². The summed E-state index contributed by atoms with van der Waals surface area (Å²) >= 11 is 0. The van der Waals surface area contributed by atoms with Crippen LogP contribution < -0.4 is 16.4 Å². The zero-order valence-corrected chi connectivity index (χ0v) is 32.0. The van der Waals surface area contributed by atoms with Gasteiger partial charge in [-0.25, -0.2) is 4.99 Å². The van der Waals surface area contributed by atoms with Crippen LogP contribution >= 0.6 is 0 Å². The molecule has 0 unspecified atom stereocenters. The van der Waals surface area contributed by atoms with Crippen molar-refractivity contribution in [1.29, 1.82) is 0 Å². The summed E-state index contributed by atoms with van der Waals surface area (Å²) in [6.45, 7) is 7.63. The van der Waals surface area contributed by atoms with Gasteiger partial charge in [-0.15, -0.1) is 0 Å². The number of amidine groups is 1. The van der Waals surface area contributed by atoms with Crippen LogP contribution in [0.15, 0.2) is 53.2 Å². The van der Waals surface area contributed by atoms with E-state index in [9.17, 15) is 28.8 Å². The molecule has 3 aliphatic rings. The Hall–Kier alpha value is -5.74. The van der Waals surface area contributed by atoms with Crippen LogP contribution in [0.4, 0.5) is 11.4 Å². The Labute approximate surface area is 326 Å². The van der Waals surface area contributed by atoms with E-state index < -0.39 is 11.8 Å². The standard InChI is InChI=1S/C40H50N8O8/c1-3-13-46(14-4-2)40(54)29-21-27-5-6-28(23-33(27)45-34(41)24-29)39(53)44-31-22-30-26-47(15-9-32(30)43-25-31)36(50)11-17-55-19-20-56-18-12-42-35(49)10-16-48-37(51)7-8-38(48)52/h5-8,21-23,25H,3-4,9-20,24,26H2,1-2H3,(H2,41,45)(H,42,49)(H,44,53). The number of anilines is 1. The SMILES string of the molecule is CCCN(CCC)C(=O)C1=Cc2ccc(C(=O)Nc3cnc4c(c3)CN(C(=O)CCOCCOCCNC(=O)CCN3C(=O)C=CC3=O)CC4)cc2N=C(N)C1. The lowest BCUT2D eigenvalue weighted by Gasteiger charge is -2.28. The number of aliphatic imine (C=N–C) groups is 1. The van der Waals surface area contributed by atoms with E-state index in [-0.39, 0.29) is 82.4 Å². The van der Waals surface area contributed by atoms with Crippen molar-refractivity contribution in [2.75, 3.05) is 64.5 Å². The monoisotopic (exact) mass is 770 g/mol. The summed E-state index contributed by atoms with van der Waals surface area (Å²) in [6, 6.07) is 6.95. The minimum absolute atomic E-state index is 0.0126. The Morgan fingerprint density at radius 1 is 0.946 bits per heavy atom. The molecule has 1 aromatic heterocycles. The molecular weight excluding hydrogens is 720 g/mol. The molecule has 16 heteroatoms. The lowest BCUT2D eigenvalue weighted by molar-refractivity contribution is -0.137. The van der Waals surface area contributed by atoms with Crippen molar-refractivity contribution < 1.29 is 38.2 Å². The molecule has 6 amide bonds. The van der Waals surface area contributed by atoms with Crippen molar-refractivity contribution in [2.24, 2.45) is 10.7 Å². The quantitative estimate of drug-likeness (QED) is 0.141. The van der Waals surface area contributed by atoms with Gasteiger partial charge < -0.3 is 35.6 Å². The number of nitrogens with two attached hydrogens (primary N) is 1. The zero-order valence-electron chi connectivity index (χ0n) is 32.0. The number of ether oxygens (including phenoxy) is 2. The fourth-order valence-electron chi connectivity index (χ4n) is 6.49. The van der Waals surface area contributed by atoms with Gasteiger partial charge in [-0.1, -0.05) is 19.9 Å². The van der Waals surface area contributed by atoms with Gasteiger partial charge in [0.15, 0.2) is 0 Å². The van der Waals surface area contributed by atoms with E-state index in [1.54, 1.807) is 29.3 Å². The van der Waals surface area contributed by atoms with Crippen LogP contribution in [0.3, 0.4) is 0 Å². The number of imide groups is 1. The van der Waals surface area contributed by atoms with Crippen molar-refractivity contribution >= 4 is 58.7 Å². The Bertz CT molecular complexity index is 1880. The maximum atomic E-state index is 13.3. The molecule has 1 aromatic carbocycles. The maximum Gasteiger partial charge on any atom is 0.255 e. The molecule has 4 N–H and O–H groups in total. The highest BCUT2D eigenvalue weighted by atomic mass is 16.5. The minimum Gasteiger partial charge on any atom is -0.387 e. The summed E-state index contributed by atoms with van der Waals surface area (Å²) in [5.41, 5.74) is 10.6. The first-order valence-electron chi connectivity index (χ1n) is 19.1. The molecule has 0 saturated heterocycles. The molecule has 5 rings (SSSR count). The summed E-state index contributed by atoms with van der Waals surface area (Å²) in [7, 11) is 0. The van der Waals surface area contributed by atoms with Crippen LogP contribution in [0, 0.1) is 0 Å². The Morgan fingerprint density at radius 3 is 2.41 bits per heavy atom. The third kappa shape index (κ3) is 11.4. The number of nitrogens with zero attached hydrogens (tertiary/aromatic N) is 5.